The lowest BCUT2D eigenvalue weighted by Crippen LogP contribution is -2.28. The second-order valence-corrected chi connectivity index (χ2v) is 5.32. The third-order valence-corrected chi connectivity index (χ3v) is 3.74. The predicted molar refractivity (Wildman–Crippen MR) is 84.7 cm³/mol. The molecule has 0 aromatic heterocycles. The van der Waals surface area contributed by atoms with Gasteiger partial charge in [-0.15, -0.1) is 0 Å². The van der Waals surface area contributed by atoms with Crippen molar-refractivity contribution in [2.75, 3.05) is 7.11 Å². The molecular formula is C17H17ClFNO2. The number of ether oxygens (including phenoxy) is 1. The minimum Gasteiger partial charge on any atom is -0.496 e. The number of carbonyl (C=O) groups excluding carboxylic acids is 1. The molecule has 2 aromatic rings. The van der Waals surface area contributed by atoms with E-state index in [-0.39, 0.29) is 29.0 Å². The highest BCUT2D eigenvalue weighted by molar-refractivity contribution is 6.31. The Kier molecular flexibility index (Phi) is 5.39. The molecule has 2 aromatic carbocycles. The van der Waals surface area contributed by atoms with Crippen molar-refractivity contribution in [3.8, 4) is 5.75 Å². The number of halogens is 2. The van der Waals surface area contributed by atoms with Gasteiger partial charge < -0.3 is 10.1 Å². The third-order valence-electron chi connectivity index (χ3n) is 3.38. The minimum absolute atomic E-state index is 0.106. The molecule has 2 rings (SSSR count). The van der Waals surface area contributed by atoms with Gasteiger partial charge in [0.1, 0.15) is 11.6 Å². The van der Waals surface area contributed by atoms with E-state index < -0.39 is 5.82 Å². The zero-order valence-electron chi connectivity index (χ0n) is 12.4. The summed E-state index contributed by atoms with van der Waals surface area (Å²) < 4.78 is 19.0. The molecule has 5 heteroatoms. The number of methoxy groups -OCH3 is 1. The summed E-state index contributed by atoms with van der Waals surface area (Å²) in [6, 6.07) is 11.5. The van der Waals surface area contributed by atoms with Crippen LogP contribution in [0.3, 0.4) is 0 Å². The number of benzene rings is 2. The SMILES string of the molecule is COc1ccccc1C(C)NC(=O)Cc1c(F)cccc1Cl. The fraction of sp³-hybridized carbons (Fsp3) is 0.235. The molecule has 0 aliphatic carbocycles. The van der Waals surface area contributed by atoms with E-state index in [1.807, 2.05) is 31.2 Å². The van der Waals surface area contributed by atoms with E-state index in [0.29, 0.717) is 5.75 Å². The monoisotopic (exact) mass is 321 g/mol. The molecular weight excluding hydrogens is 305 g/mol. The fourth-order valence-electron chi connectivity index (χ4n) is 2.26. The van der Waals surface area contributed by atoms with Gasteiger partial charge >= 0.3 is 0 Å². The van der Waals surface area contributed by atoms with Crippen LogP contribution < -0.4 is 10.1 Å². The Morgan fingerprint density at radius 1 is 1.27 bits per heavy atom. The van der Waals surface area contributed by atoms with Crippen molar-refractivity contribution in [1.29, 1.82) is 0 Å². The number of hydrogen-bond donors (Lipinski definition) is 1. The largest absolute Gasteiger partial charge is 0.496 e. The molecule has 0 saturated carbocycles. The highest BCUT2D eigenvalue weighted by Gasteiger charge is 2.16. The minimum atomic E-state index is -0.479. The molecule has 0 aliphatic rings. The summed E-state index contributed by atoms with van der Waals surface area (Å²) in [5, 5.41) is 3.08. The van der Waals surface area contributed by atoms with Crippen LogP contribution in [0.2, 0.25) is 5.02 Å². The quantitative estimate of drug-likeness (QED) is 0.906. The molecule has 3 nitrogen and oxygen atoms in total. The van der Waals surface area contributed by atoms with Crippen molar-refractivity contribution in [3.05, 3.63) is 64.4 Å². The van der Waals surface area contributed by atoms with E-state index in [1.54, 1.807) is 13.2 Å². The van der Waals surface area contributed by atoms with E-state index >= 15 is 0 Å². The van der Waals surface area contributed by atoms with Crippen LogP contribution in [0.15, 0.2) is 42.5 Å². The van der Waals surface area contributed by atoms with Gasteiger partial charge in [0.2, 0.25) is 5.91 Å². The topological polar surface area (TPSA) is 38.3 Å². The van der Waals surface area contributed by atoms with E-state index in [1.165, 1.54) is 12.1 Å². The van der Waals surface area contributed by atoms with E-state index in [2.05, 4.69) is 5.32 Å². The molecule has 116 valence electrons. The van der Waals surface area contributed by atoms with Gasteiger partial charge in [0.05, 0.1) is 19.6 Å². The summed E-state index contributed by atoms with van der Waals surface area (Å²) in [5.74, 6) is -0.0859. The number of nitrogens with one attached hydrogen (secondary N) is 1. The molecule has 0 saturated heterocycles. The van der Waals surface area contributed by atoms with Crippen LogP contribution in [0.5, 0.6) is 5.75 Å². The predicted octanol–water partition coefficient (Wildman–Crippen LogP) is 3.91. The average Bonchev–Trinajstić information content (AvgIpc) is 2.51. The Labute approximate surface area is 134 Å². The Morgan fingerprint density at radius 2 is 2.00 bits per heavy atom. The van der Waals surface area contributed by atoms with Crippen molar-refractivity contribution in [2.45, 2.75) is 19.4 Å². The maximum Gasteiger partial charge on any atom is 0.225 e. The first kappa shape index (κ1) is 16.3. The van der Waals surface area contributed by atoms with Crippen molar-refractivity contribution in [2.24, 2.45) is 0 Å². The van der Waals surface area contributed by atoms with Gasteiger partial charge in [-0.25, -0.2) is 4.39 Å². The lowest BCUT2D eigenvalue weighted by molar-refractivity contribution is -0.121. The van der Waals surface area contributed by atoms with Crippen LogP contribution in [-0.2, 0) is 11.2 Å². The second-order valence-electron chi connectivity index (χ2n) is 4.91. The Hall–Kier alpha value is -2.07. The zero-order valence-corrected chi connectivity index (χ0v) is 13.2. The van der Waals surface area contributed by atoms with E-state index in [9.17, 15) is 9.18 Å². The maximum atomic E-state index is 13.7. The van der Waals surface area contributed by atoms with Crippen molar-refractivity contribution < 1.29 is 13.9 Å². The lowest BCUT2D eigenvalue weighted by Gasteiger charge is -2.17. The van der Waals surface area contributed by atoms with Gasteiger partial charge in [0.15, 0.2) is 0 Å². The van der Waals surface area contributed by atoms with Crippen molar-refractivity contribution in [3.63, 3.8) is 0 Å². The molecule has 0 heterocycles. The van der Waals surface area contributed by atoms with Gasteiger partial charge in [0.25, 0.3) is 0 Å². The molecule has 22 heavy (non-hydrogen) atoms. The molecule has 0 bridgehead atoms. The summed E-state index contributed by atoms with van der Waals surface area (Å²) in [7, 11) is 1.58. The van der Waals surface area contributed by atoms with E-state index in [0.717, 1.165) is 5.56 Å². The fourth-order valence-corrected chi connectivity index (χ4v) is 2.49. The summed E-state index contributed by atoms with van der Waals surface area (Å²) in [6.45, 7) is 1.85. The van der Waals surface area contributed by atoms with Gasteiger partial charge in [-0.3, -0.25) is 4.79 Å². The highest BCUT2D eigenvalue weighted by atomic mass is 35.5. The number of amides is 1. The molecule has 1 N–H and O–H groups in total. The Bertz CT molecular complexity index is 655. The summed E-state index contributed by atoms with van der Waals surface area (Å²) >= 11 is 5.93. The average molecular weight is 322 g/mol. The number of carbonyl (C=O) groups is 1. The third kappa shape index (κ3) is 3.77. The van der Waals surface area contributed by atoms with Crippen molar-refractivity contribution >= 4 is 17.5 Å². The van der Waals surface area contributed by atoms with Gasteiger partial charge in [-0.1, -0.05) is 35.9 Å². The Morgan fingerprint density at radius 3 is 2.68 bits per heavy atom. The van der Waals surface area contributed by atoms with Gasteiger partial charge in [0, 0.05) is 16.1 Å². The number of hydrogen-bond acceptors (Lipinski definition) is 2. The first-order valence-electron chi connectivity index (χ1n) is 6.88. The molecule has 1 amide bonds. The Balaban J connectivity index is 2.09. The van der Waals surface area contributed by atoms with Gasteiger partial charge in [-0.05, 0) is 25.1 Å². The van der Waals surface area contributed by atoms with Gasteiger partial charge in [-0.2, -0.15) is 0 Å². The summed E-state index contributed by atoms with van der Waals surface area (Å²) in [5.41, 5.74) is 1.06. The lowest BCUT2D eigenvalue weighted by atomic mass is 10.1. The molecule has 0 radical (unpaired) electrons. The van der Waals surface area contributed by atoms with Crippen LogP contribution in [0, 0.1) is 5.82 Å². The molecule has 1 atom stereocenters. The van der Waals surface area contributed by atoms with Crippen LogP contribution in [-0.4, -0.2) is 13.0 Å². The van der Waals surface area contributed by atoms with Crippen molar-refractivity contribution in [1.82, 2.24) is 5.32 Å². The van der Waals surface area contributed by atoms with Crippen LogP contribution in [0.1, 0.15) is 24.1 Å². The second kappa shape index (κ2) is 7.27. The summed E-state index contributed by atoms with van der Waals surface area (Å²) in [4.78, 5) is 12.1. The van der Waals surface area contributed by atoms with Crippen LogP contribution in [0.4, 0.5) is 4.39 Å². The van der Waals surface area contributed by atoms with Crippen LogP contribution >= 0.6 is 11.6 Å². The smallest absolute Gasteiger partial charge is 0.225 e. The highest BCUT2D eigenvalue weighted by Crippen LogP contribution is 2.25. The van der Waals surface area contributed by atoms with Crippen LogP contribution in [0.25, 0.3) is 0 Å². The molecule has 0 aliphatic heterocycles. The standard InChI is InChI=1S/C17H17ClFNO2/c1-11(12-6-3-4-9-16(12)22-2)20-17(21)10-13-14(18)7-5-8-15(13)19/h3-9,11H,10H2,1-2H3,(H,20,21). The normalized spacial score (nSPS) is 11.8. The molecule has 0 spiro atoms. The number of para-hydroxylation sites is 1. The molecule has 1 unspecified atom stereocenters. The van der Waals surface area contributed by atoms with E-state index in [4.69, 9.17) is 16.3 Å². The summed E-state index contributed by atoms with van der Waals surface area (Å²) in [6.07, 6.45) is -0.106. The zero-order chi connectivity index (χ0) is 16.1. The number of rotatable bonds is 5. The first-order chi connectivity index (χ1) is 10.5. The maximum absolute atomic E-state index is 13.7. The molecule has 0 fully saturated rings. The first-order valence-corrected chi connectivity index (χ1v) is 7.26.